The molecule has 1 atom stereocenters. The van der Waals surface area contributed by atoms with Crippen LogP contribution in [0.15, 0.2) is 18.2 Å². The van der Waals surface area contributed by atoms with Crippen LogP contribution in [-0.4, -0.2) is 0 Å². The van der Waals surface area contributed by atoms with Gasteiger partial charge >= 0.3 is 0 Å². The second-order valence-electron chi connectivity index (χ2n) is 6.36. The van der Waals surface area contributed by atoms with Crippen molar-refractivity contribution in [2.75, 3.05) is 5.73 Å². The molecule has 3 nitrogen and oxygen atoms in total. The number of fused-ring (bicyclic) bond motifs is 1. The van der Waals surface area contributed by atoms with E-state index in [0.29, 0.717) is 27.1 Å². The topological polar surface area (TPSA) is 73.6 Å². The van der Waals surface area contributed by atoms with Crippen molar-refractivity contribution in [3.8, 4) is 23.3 Å². The third-order valence-corrected chi connectivity index (χ3v) is 5.60. The van der Waals surface area contributed by atoms with Gasteiger partial charge < -0.3 is 5.73 Å². The van der Waals surface area contributed by atoms with E-state index in [1.54, 1.807) is 12.1 Å². The molecule has 0 amide bonds. The molecule has 1 aliphatic carbocycles. The maximum Gasteiger partial charge on any atom is 0.102 e. The highest BCUT2D eigenvalue weighted by molar-refractivity contribution is 6.36. The quantitative estimate of drug-likeness (QED) is 0.709. The number of rotatable bonds is 2. The van der Waals surface area contributed by atoms with Gasteiger partial charge in [0.2, 0.25) is 0 Å². The summed E-state index contributed by atoms with van der Waals surface area (Å²) in [7, 11) is 0. The molecular formula is C20H17Cl2N3. The highest BCUT2D eigenvalue weighted by atomic mass is 35.5. The van der Waals surface area contributed by atoms with Crippen molar-refractivity contribution in [3.63, 3.8) is 0 Å². The Kier molecular flexibility index (Phi) is 4.91. The molecule has 0 aliphatic heterocycles. The predicted octanol–water partition coefficient (Wildman–Crippen LogP) is 5.50. The molecular weight excluding hydrogens is 353 g/mol. The number of nitrogens with two attached hydrogens (primary N) is 1. The van der Waals surface area contributed by atoms with E-state index in [1.807, 2.05) is 6.07 Å². The molecule has 25 heavy (non-hydrogen) atoms. The molecule has 0 bridgehead atoms. The van der Waals surface area contributed by atoms with Crippen LogP contribution in [0.3, 0.4) is 0 Å². The minimum Gasteiger partial charge on any atom is -0.397 e. The standard InChI is InChI=1S/C20H17Cl2N3/c1-2-11-3-5-13-15(7-11)19(14-6-4-12(21)8-18(14)22)17(10-24)20(25)16(13)9-23/h4,6,8,11H,2-3,5,7,25H2,1H3. The van der Waals surface area contributed by atoms with Crippen LogP contribution in [0, 0.1) is 28.6 Å². The Balaban J connectivity index is 2.40. The minimum absolute atomic E-state index is 0.250. The van der Waals surface area contributed by atoms with Crippen molar-refractivity contribution in [1.29, 1.82) is 10.5 Å². The number of hydrogen-bond acceptors (Lipinski definition) is 3. The lowest BCUT2D eigenvalue weighted by molar-refractivity contribution is 0.445. The van der Waals surface area contributed by atoms with Crippen LogP contribution in [0.25, 0.3) is 11.1 Å². The number of nitriles is 2. The van der Waals surface area contributed by atoms with Gasteiger partial charge in [0.15, 0.2) is 0 Å². The maximum absolute atomic E-state index is 9.74. The first-order valence-electron chi connectivity index (χ1n) is 8.24. The Bertz CT molecular complexity index is 936. The molecule has 1 unspecified atom stereocenters. The van der Waals surface area contributed by atoms with Crippen LogP contribution in [0.1, 0.15) is 42.0 Å². The van der Waals surface area contributed by atoms with Crippen molar-refractivity contribution >= 4 is 28.9 Å². The van der Waals surface area contributed by atoms with E-state index in [2.05, 4.69) is 19.1 Å². The Morgan fingerprint density at radius 1 is 1.16 bits per heavy atom. The van der Waals surface area contributed by atoms with Gasteiger partial charge in [-0.25, -0.2) is 0 Å². The van der Waals surface area contributed by atoms with Gasteiger partial charge in [0.05, 0.1) is 16.8 Å². The minimum atomic E-state index is 0.250. The van der Waals surface area contributed by atoms with Crippen molar-refractivity contribution in [2.45, 2.75) is 32.6 Å². The van der Waals surface area contributed by atoms with Gasteiger partial charge in [-0.05, 0) is 48.4 Å². The van der Waals surface area contributed by atoms with E-state index in [0.717, 1.165) is 47.9 Å². The Hall–Kier alpha value is -2.20. The summed E-state index contributed by atoms with van der Waals surface area (Å²) < 4.78 is 0. The molecule has 0 saturated carbocycles. The van der Waals surface area contributed by atoms with Gasteiger partial charge in [-0.2, -0.15) is 10.5 Å². The molecule has 0 fully saturated rings. The van der Waals surface area contributed by atoms with E-state index in [4.69, 9.17) is 28.9 Å². The van der Waals surface area contributed by atoms with Crippen LogP contribution in [0.4, 0.5) is 5.69 Å². The maximum atomic E-state index is 9.74. The number of hydrogen-bond donors (Lipinski definition) is 1. The van der Waals surface area contributed by atoms with E-state index in [-0.39, 0.29) is 5.69 Å². The van der Waals surface area contributed by atoms with Crippen molar-refractivity contribution in [2.24, 2.45) is 5.92 Å². The molecule has 0 aromatic heterocycles. The molecule has 2 N–H and O–H groups in total. The third-order valence-electron chi connectivity index (χ3n) is 5.05. The van der Waals surface area contributed by atoms with E-state index in [9.17, 15) is 10.5 Å². The molecule has 1 aliphatic rings. The summed E-state index contributed by atoms with van der Waals surface area (Å²) in [6.07, 6.45) is 3.70. The monoisotopic (exact) mass is 369 g/mol. The number of nitrogen functional groups attached to an aromatic ring is 1. The molecule has 0 heterocycles. The third kappa shape index (κ3) is 2.95. The summed E-state index contributed by atoms with van der Waals surface area (Å²) in [6.45, 7) is 2.16. The SMILES string of the molecule is CCC1CCc2c(C#N)c(N)c(C#N)c(-c3ccc(Cl)cc3Cl)c2C1. The van der Waals surface area contributed by atoms with Crippen molar-refractivity contribution in [1.82, 2.24) is 0 Å². The van der Waals surface area contributed by atoms with Gasteiger partial charge in [-0.1, -0.05) is 42.6 Å². The fourth-order valence-corrected chi connectivity index (χ4v) is 4.20. The van der Waals surface area contributed by atoms with E-state index < -0.39 is 0 Å². The molecule has 126 valence electrons. The predicted molar refractivity (Wildman–Crippen MR) is 102 cm³/mol. The highest BCUT2D eigenvalue weighted by Gasteiger charge is 2.29. The first-order valence-corrected chi connectivity index (χ1v) is 9.00. The number of halogens is 2. The molecule has 2 aromatic carbocycles. The molecule has 0 saturated heterocycles. The van der Waals surface area contributed by atoms with Crippen molar-refractivity contribution < 1.29 is 0 Å². The fraction of sp³-hybridized carbons (Fsp3) is 0.300. The zero-order valence-corrected chi connectivity index (χ0v) is 15.4. The number of benzene rings is 2. The molecule has 0 spiro atoms. The summed E-state index contributed by atoms with van der Waals surface area (Å²) in [6, 6.07) is 9.64. The van der Waals surface area contributed by atoms with E-state index >= 15 is 0 Å². The number of nitrogens with zero attached hydrogens (tertiary/aromatic N) is 2. The average Bonchev–Trinajstić information content (AvgIpc) is 2.61. The Morgan fingerprint density at radius 3 is 2.48 bits per heavy atom. The number of anilines is 1. The summed E-state index contributed by atoms with van der Waals surface area (Å²) in [4.78, 5) is 0. The largest absolute Gasteiger partial charge is 0.397 e. The average molecular weight is 370 g/mol. The normalized spacial score (nSPS) is 16.0. The lowest BCUT2D eigenvalue weighted by atomic mass is 9.75. The second-order valence-corrected chi connectivity index (χ2v) is 7.20. The lowest BCUT2D eigenvalue weighted by Crippen LogP contribution is -2.18. The summed E-state index contributed by atoms with van der Waals surface area (Å²) in [5.74, 6) is 0.527. The van der Waals surface area contributed by atoms with Gasteiger partial charge in [0, 0.05) is 21.2 Å². The highest BCUT2D eigenvalue weighted by Crippen LogP contribution is 2.44. The van der Waals surface area contributed by atoms with E-state index in [1.165, 1.54) is 0 Å². The zero-order valence-electron chi connectivity index (χ0n) is 13.9. The molecule has 3 rings (SSSR count). The molecule has 0 radical (unpaired) electrons. The smallest absolute Gasteiger partial charge is 0.102 e. The first-order chi connectivity index (χ1) is 12.0. The van der Waals surface area contributed by atoms with Crippen LogP contribution < -0.4 is 5.73 Å². The second kappa shape index (κ2) is 6.96. The van der Waals surface area contributed by atoms with Crippen LogP contribution >= 0.6 is 23.2 Å². The first kappa shape index (κ1) is 17.6. The van der Waals surface area contributed by atoms with Gasteiger partial charge in [-0.15, -0.1) is 0 Å². The molecule has 5 heteroatoms. The van der Waals surface area contributed by atoms with Crippen LogP contribution in [0.5, 0.6) is 0 Å². The van der Waals surface area contributed by atoms with Gasteiger partial charge in [0.25, 0.3) is 0 Å². The summed E-state index contributed by atoms with van der Waals surface area (Å²) in [5.41, 5.74) is 10.7. The Morgan fingerprint density at radius 2 is 1.88 bits per heavy atom. The van der Waals surface area contributed by atoms with Crippen LogP contribution in [0.2, 0.25) is 10.0 Å². The fourth-order valence-electron chi connectivity index (χ4n) is 3.70. The van der Waals surface area contributed by atoms with Crippen molar-refractivity contribution in [3.05, 3.63) is 50.5 Å². The lowest BCUT2D eigenvalue weighted by Gasteiger charge is -2.28. The Labute approximate surface area is 157 Å². The van der Waals surface area contributed by atoms with Gasteiger partial charge in [0.1, 0.15) is 12.1 Å². The summed E-state index contributed by atoms with van der Waals surface area (Å²) in [5, 5.41) is 20.3. The molecule has 2 aromatic rings. The van der Waals surface area contributed by atoms with Crippen LogP contribution in [-0.2, 0) is 12.8 Å². The van der Waals surface area contributed by atoms with Gasteiger partial charge in [-0.3, -0.25) is 0 Å². The summed E-state index contributed by atoms with van der Waals surface area (Å²) >= 11 is 12.5. The zero-order chi connectivity index (χ0) is 18.1.